The molecule has 5 nitrogen and oxygen atoms in total. The number of thiophene rings is 1. The van der Waals surface area contributed by atoms with E-state index in [1.807, 2.05) is 0 Å². The average Bonchev–Trinajstić information content (AvgIpc) is 2.98. The van der Waals surface area contributed by atoms with Gasteiger partial charge >= 0.3 is 5.97 Å². The van der Waals surface area contributed by atoms with E-state index in [1.165, 1.54) is 29.8 Å². The fraction of sp³-hybridized carbons (Fsp3) is 0.182. The quantitative estimate of drug-likeness (QED) is 0.881. The van der Waals surface area contributed by atoms with Gasteiger partial charge < -0.3 is 4.74 Å². The van der Waals surface area contributed by atoms with Gasteiger partial charge in [-0.15, -0.1) is 22.7 Å². The molecule has 1 N–H and O–H groups in total. The summed E-state index contributed by atoms with van der Waals surface area (Å²) in [5.41, 5.74) is 0.566. The Kier molecular flexibility index (Phi) is 4.52. The van der Waals surface area contributed by atoms with Crippen LogP contribution in [-0.4, -0.2) is 24.0 Å². The number of thiazole rings is 1. The molecule has 8 heteroatoms. The zero-order chi connectivity index (χ0) is 13.8. The number of carbonyl (C=O) groups excluding carboxylic acids is 2. The summed E-state index contributed by atoms with van der Waals surface area (Å²) in [4.78, 5) is 27.5. The number of rotatable bonds is 4. The van der Waals surface area contributed by atoms with Gasteiger partial charge in [0, 0.05) is 5.38 Å². The van der Waals surface area contributed by atoms with E-state index in [1.54, 1.807) is 17.5 Å². The van der Waals surface area contributed by atoms with E-state index in [9.17, 15) is 9.59 Å². The van der Waals surface area contributed by atoms with Crippen molar-refractivity contribution >= 4 is 51.3 Å². The summed E-state index contributed by atoms with van der Waals surface area (Å²) in [6, 6.07) is 3.30. The van der Waals surface area contributed by atoms with Gasteiger partial charge in [0.2, 0.25) is 0 Å². The zero-order valence-electron chi connectivity index (χ0n) is 9.81. The average molecular weight is 317 g/mol. The molecule has 0 atom stereocenters. The summed E-state index contributed by atoms with van der Waals surface area (Å²) in [5.74, 6) is -0.635. The molecule has 2 rings (SSSR count). The lowest BCUT2D eigenvalue weighted by atomic mass is 10.3. The maximum atomic E-state index is 11.8. The highest BCUT2D eigenvalue weighted by Gasteiger charge is 2.12. The first kappa shape index (κ1) is 14.0. The number of hydrogen-bond donors (Lipinski definition) is 1. The van der Waals surface area contributed by atoms with Crippen molar-refractivity contribution < 1.29 is 14.3 Å². The van der Waals surface area contributed by atoms with Crippen LogP contribution >= 0.6 is 34.3 Å². The summed E-state index contributed by atoms with van der Waals surface area (Å²) in [7, 11) is 1.32. The van der Waals surface area contributed by atoms with Crippen LogP contribution in [0.1, 0.15) is 15.4 Å². The number of methoxy groups -OCH3 is 1. The molecule has 2 heterocycles. The van der Waals surface area contributed by atoms with Crippen molar-refractivity contribution in [2.24, 2.45) is 0 Å². The molecule has 1 amide bonds. The summed E-state index contributed by atoms with van der Waals surface area (Å²) in [6.45, 7) is 0. The van der Waals surface area contributed by atoms with E-state index < -0.39 is 0 Å². The van der Waals surface area contributed by atoms with Crippen LogP contribution in [0.5, 0.6) is 0 Å². The van der Waals surface area contributed by atoms with Crippen molar-refractivity contribution in [3.63, 3.8) is 0 Å². The fourth-order valence-electron chi connectivity index (χ4n) is 1.26. The van der Waals surface area contributed by atoms with Gasteiger partial charge in [-0.05, 0) is 12.1 Å². The lowest BCUT2D eigenvalue weighted by Gasteiger charge is -1.98. The first-order valence-corrected chi connectivity index (χ1v) is 7.24. The molecule has 0 aliphatic carbocycles. The van der Waals surface area contributed by atoms with Gasteiger partial charge in [0.25, 0.3) is 5.91 Å². The molecule has 100 valence electrons. The van der Waals surface area contributed by atoms with E-state index in [4.69, 9.17) is 11.6 Å². The van der Waals surface area contributed by atoms with E-state index in [-0.39, 0.29) is 18.3 Å². The number of esters is 1. The van der Waals surface area contributed by atoms with Gasteiger partial charge in [-0.3, -0.25) is 14.9 Å². The zero-order valence-corrected chi connectivity index (χ0v) is 12.2. The molecule has 0 radical (unpaired) electrons. The monoisotopic (exact) mass is 316 g/mol. The number of hydrogen-bond acceptors (Lipinski definition) is 6. The molecule has 0 aliphatic heterocycles. The molecule has 0 fully saturated rings. The number of nitrogens with zero attached hydrogens (tertiary/aromatic N) is 1. The minimum Gasteiger partial charge on any atom is -0.469 e. The van der Waals surface area contributed by atoms with Crippen molar-refractivity contribution in [3.8, 4) is 0 Å². The maximum Gasteiger partial charge on any atom is 0.311 e. The van der Waals surface area contributed by atoms with E-state index in [0.717, 1.165) is 0 Å². The topological polar surface area (TPSA) is 68.3 Å². The van der Waals surface area contributed by atoms with E-state index in [2.05, 4.69) is 15.0 Å². The normalized spacial score (nSPS) is 10.2. The standard InChI is InChI=1S/C11H9ClN2O3S2/c1-17-9(15)4-6-5-18-11(13-6)14-10(16)7-2-3-8(12)19-7/h2-3,5H,4H2,1H3,(H,13,14,16). The summed E-state index contributed by atoms with van der Waals surface area (Å²) >= 11 is 8.20. The van der Waals surface area contributed by atoms with Gasteiger partial charge in [-0.2, -0.15) is 0 Å². The van der Waals surface area contributed by atoms with Crippen LogP contribution in [0.15, 0.2) is 17.5 Å². The second-order valence-corrected chi connectivity index (χ2v) is 6.03. The van der Waals surface area contributed by atoms with Crippen LogP contribution in [0.3, 0.4) is 0 Å². The first-order chi connectivity index (χ1) is 9.08. The molecule has 0 spiro atoms. The number of carbonyl (C=O) groups is 2. The van der Waals surface area contributed by atoms with Gasteiger partial charge in [0.1, 0.15) is 0 Å². The van der Waals surface area contributed by atoms with Crippen LogP contribution in [0, 0.1) is 0 Å². The molecule has 0 bridgehead atoms. The molecule has 19 heavy (non-hydrogen) atoms. The van der Waals surface area contributed by atoms with Crippen molar-refractivity contribution in [2.45, 2.75) is 6.42 Å². The van der Waals surface area contributed by atoms with E-state index in [0.29, 0.717) is 20.0 Å². The Labute approximate surface area is 122 Å². The highest BCUT2D eigenvalue weighted by atomic mass is 35.5. The third-order valence-corrected chi connectivity index (χ3v) is 4.16. The Morgan fingerprint density at radius 1 is 1.47 bits per heavy atom. The maximum absolute atomic E-state index is 11.8. The predicted molar refractivity (Wildman–Crippen MR) is 75.1 cm³/mol. The molecular formula is C11H9ClN2O3S2. The van der Waals surface area contributed by atoms with Crippen molar-refractivity contribution in [3.05, 3.63) is 32.4 Å². The van der Waals surface area contributed by atoms with Crippen LogP contribution in [0.25, 0.3) is 0 Å². The third kappa shape index (κ3) is 3.76. The van der Waals surface area contributed by atoms with Gasteiger partial charge in [-0.25, -0.2) is 4.98 Å². The Bertz CT molecular complexity index is 609. The Morgan fingerprint density at radius 3 is 2.89 bits per heavy atom. The first-order valence-electron chi connectivity index (χ1n) is 5.16. The minimum atomic E-state index is -0.367. The third-order valence-electron chi connectivity index (χ3n) is 2.12. The molecule has 0 aliphatic rings. The summed E-state index contributed by atoms with van der Waals surface area (Å²) in [5, 5.41) is 4.79. The van der Waals surface area contributed by atoms with Crippen LogP contribution in [0.2, 0.25) is 4.34 Å². The van der Waals surface area contributed by atoms with Gasteiger partial charge in [0.05, 0.1) is 28.4 Å². The Morgan fingerprint density at radius 2 is 2.26 bits per heavy atom. The van der Waals surface area contributed by atoms with Crippen LogP contribution < -0.4 is 5.32 Å². The molecule has 0 saturated heterocycles. The molecule has 2 aromatic rings. The summed E-state index contributed by atoms with van der Waals surface area (Å²) in [6.07, 6.45) is 0.0910. The Balaban J connectivity index is 2.00. The highest BCUT2D eigenvalue weighted by Crippen LogP contribution is 2.23. The molecule has 0 unspecified atom stereocenters. The molecular weight excluding hydrogens is 308 g/mol. The van der Waals surface area contributed by atoms with E-state index >= 15 is 0 Å². The number of amides is 1. The molecule has 0 saturated carbocycles. The number of ether oxygens (including phenoxy) is 1. The second kappa shape index (κ2) is 6.14. The molecule has 2 aromatic heterocycles. The smallest absolute Gasteiger partial charge is 0.311 e. The fourth-order valence-corrected chi connectivity index (χ4v) is 2.90. The highest BCUT2D eigenvalue weighted by molar-refractivity contribution is 7.18. The number of aromatic nitrogens is 1. The van der Waals surface area contributed by atoms with Crippen LogP contribution in [0.4, 0.5) is 5.13 Å². The predicted octanol–water partition coefficient (Wildman–Crippen LogP) is 2.83. The number of halogens is 1. The summed E-state index contributed by atoms with van der Waals surface area (Å²) < 4.78 is 5.09. The minimum absolute atomic E-state index is 0.0910. The number of anilines is 1. The van der Waals surface area contributed by atoms with Crippen LogP contribution in [-0.2, 0) is 16.0 Å². The molecule has 0 aromatic carbocycles. The number of nitrogens with one attached hydrogen (secondary N) is 1. The van der Waals surface area contributed by atoms with Crippen molar-refractivity contribution in [1.29, 1.82) is 0 Å². The largest absolute Gasteiger partial charge is 0.469 e. The second-order valence-electron chi connectivity index (χ2n) is 3.45. The van der Waals surface area contributed by atoms with Gasteiger partial charge in [-0.1, -0.05) is 11.6 Å². The Hall–Kier alpha value is -1.44. The van der Waals surface area contributed by atoms with Crippen molar-refractivity contribution in [1.82, 2.24) is 4.98 Å². The van der Waals surface area contributed by atoms with Crippen molar-refractivity contribution in [2.75, 3.05) is 12.4 Å². The lowest BCUT2D eigenvalue weighted by Crippen LogP contribution is -2.10. The van der Waals surface area contributed by atoms with Gasteiger partial charge in [0.15, 0.2) is 5.13 Å². The SMILES string of the molecule is COC(=O)Cc1csc(NC(=O)c2ccc(Cl)s2)n1. The lowest BCUT2D eigenvalue weighted by molar-refractivity contribution is -0.139.